The lowest BCUT2D eigenvalue weighted by Crippen LogP contribution is -2.38. The van der Waals surface area contributed by atoms with Crippen molar-refractivity contribution in [1.82, 2.24) is 10.2 Å². The van der Waals surface area contributed by atoms with E-state index in [4.69, 9.17) is 4.74 Å². The Hall–Kier alpha value is -2.15. The smallest absolute Gasteiger partial charge is 0.311 e. The highest BCUT2D eigenvalue weighted by Crippen LogP contribution is 2.31. The lowest BCUT2D eigenvalue weighted by Gasteiger charge is -2.24. The first-order valence-electron chi connectivity index (χ1n) is 6.35. The highest BCUT2D eigenvalue weighted by Gasteiger charge is 2.28. The normalized spacial score (nSPS) is 17.8. The molecule has 1 N–H and O–H groups in total. The highest BCUT2D eigenvalue weighted by molar-refractivity contribution is 5.98. The molecule has 108 valence electrons. The summed E-state index contributed by atoms with van der Waals surface area (Å²) in [6.07, 6.45) is 0.874. The summed E-state index contributed by atoms with van der Waals surface area (Å²) >= 11 is 0. The van der Waals surface area contributed by atoms with E-state index in [1.54, 1.807) is 18.0 Å². The predicted octanol–water partition coefficient (Wildman–Crippen LogP) is 1.04. The van der Waals surface area contributed by atoms with Gasteiger partial charge in [-0.3, -0.25) is 14.9 Å². The third-order valence-corrected chi connectivity index (χ3v) is 3.53. The molecule has 1 aliphatic rings. The minimum Gasteiger partial charge on any atom is -0.490 e. The molecule has 1 fully saturated rings. The summed E-state index contributed by atoms with van der Waals surface area (Å²) in [5.41, 5.74) is 0.0207. The van der Waals surface area contributed by atoms with Crippen molar-refractivity contribution in [1.29, 1.82) is 0 Å². The van der Waals surface area contributed by atoms with Gasteiger partial charge < -0.3 is 15.0 Å². The molecule has 2 rings (SSSR count). The first kappa shape index (κ1) is 14.3. The van der Waals surface area contributed by atoms with Crippen LogP contribution in [0.1, 0.15) is 16.8 Å². The number of carbonyl (C=O) groups is 1. The lowest BCUT2D eigenvalue weighted by atomic mass is 10.1. The number of amides is 1. The summed E-state index contributed by atoms with van der Waals surface area (Å²) in [5, 5.41) is 14.2. The molecule has 20 heavy (non-hydrogen) atoms. The lowest BCUT2D eigenvalue weighted by molar-refractivity contribution is -0.385. The Bertz CT molecular complexity index is 526. The maximum Gasteiger partial charge on any atom is 0.311 e. The molecule has 0 saturated carbocycles. The maximum atomic E-state index is 12.5. The second-order valence-electron chi connectivity index (χ2n) is 4.68. The molecule has 0 aliphatic carbocycles. The van der Waals surface area contributed by atoms with Gasteiger partial charge >= 0.3 is 5.69 Å². The van der Waals surface area contributed by atoms with Crippen LogP contribution in [-0.2, 0) is 0 Å². The molecule has 1 aromatic rings. The number of benzene rings is 1. The molecule has 1 saturated heterocycles. The van der Waals surface area contributed by atoms with Gasteiger partial charge in [0.05, 0.1) is 17.6 Å². The van der Waals surface area contributed by atoms with Crippen LogP contribution in [-0.4, -0.2) is 49.0 Å². The highest BCUT2D eigenvalue weighted by atomic mass is 16.6. The largest absolute Gasteiger partial charge is 0.490 e. The van der Waals surface area contributed by atoms with Crippen LogP contribution in [0.25, 0.3) is 0 Å². The number of hydrogen-bond donors (Lipinski definition) is 1. The van der Waals surface area contributed by atoms with Gasteiger partial charge in [0, 0.05) is 25.7 Å². The molecule has 1 aromatic carbocycles. The third kappa shape index (κ3) is 2.57. The van der Waals surface area contributed by atoms with Crippen LogP contribution in [0.4, 0.5) is 5.69 Å². The van der Waals surface area contributed by atoms with Crippen molar-refractivity contribution in [2.75, 3.05) is 27.2 Å². The molecule has 0 radical (unpaired) electrons. The second kappa shape index (κ2) is 5.87. The van der Waals surface area contributed by atoms with Gasteiger partial charge in [-0.25, -0.2) is 0 Å². The van der Waals surface area contributed by atoms with Crippen LogP contribution in [0.15, 0.2) is 18.2 Å². The zero-order valence-corrected chi connectivity index (χ0v) is 11.5. The van der Waals surface area contributed by atoms with E-state index >= 15 is 0 Å². The Labute approximate surface area is 116 Å². The Morgan fingerprint density at radius 3 is 2.85 bits per heavy atom. The fraction of sp³-hybridized carbons (Fsp3) is 0.462. The van der Waals surface area contributed by atoms with Gasteiger partial charge in [0.1, 0.15) is 0 Å². The monoisotopic (exact) mass is 279 g/mol. The molecule has 7 heteroatoms. The first-order valence-corrected chi connectivity index (χ1v) is 6.35. The standard InChI is InChI=1S/C13H17N3O4/c1-15(9-6-7-14-8-9)13(17)10-4-3-5-11(16(18)19)12(10)20-2/h3-5,9,14H,6-8H2,1-2H3. The number of likely N-dealkylation sites (N-methyl/N-ethyl adjacent to an activating group) is 1. The molecule has 0 aromatic heterocycles. The molecule has 0 spiro atoms. The molecule has 1 heterocycles. The van der Waals surface area contributed by atoms with Crippen molar-refractivity contribution < 1.29 is 14.5 Å². The Kier molecular flexibility index (Phi) is 4.19. The topological polar surface area (TPSA) is 84.7 Å². The number of nitrogens with zero attached hydrogens (tertiary/aromatic N) is 2. The Balaban J connectivity index is 2.33. The van der Waals surface area contributed by atoms with Crippen LogP contribution in [0.2, 0.25) is 0 Å². The number of nitro groups is 1. The van der Waals surface area contributed by atoms with Crippen molar-refractivity contribution in [3.05, 3.63) is 33.9 Å². The number of rotatable bonds is 4. The molecular formula is C13H17N3O4. The number of para-hydroxylation sites is 1. The van der Waals surface area contributed by atoms with Crippen LogP contribution < -0.4 is 10.1 Å². The van der Waals surface area contributed by atoms with E-state index in [0.717, 1.165) is 19.5 Å². The van der Waals surface area contributed by atoms with Gasteiger partial charge in [-0.1, -0.05) is 6.07 Å². The molecular weight excluding hydrogens is 262 g/mol. The van der Waals surface area contributed by atoms with E-state index in [1.165, 1.54) is 19.2 Å². The second-order valence-corrected chi connectivity index (χ2v) is 4.68. The van der Waals surface area contributed by atoms with Gasteiger partial charge in [0.25, 0.3) is 5.91 Å². The van der Waals surface area contributed by atoms with Crippen molar-refractivity contribution in [2.45, 2.75) is 12.5 Å². The van der Waals surface area contributed by atoms with E-state index in [9.17, 15) is 14.9 Å². The fourth-order valence-corrected chi connectivity index (χ4v) is 2.38. The van der Waals surface area contributed by atoms with Crippen LogP contribution in [0.5, 0.6) is 5.75 Å². The molecule has 1 aliphatic heterocycles. The van der Waals surface area contributed by atoms with Gasteiger partial charge in [0.15, 0.2) is 0 Å². The molecule has 1 unspecified atom stereocenters. The molecule has 0 bridgehead atoms. The van der Waals surface area contributed by atoms with Crippen molar-refractivity contribution in [3.8, 4) is 5.75 Å². The zero-order valence-electron chi connectivity index (χ0n) is 11.5. The maximum absolute atomic E-state index is 12.5. The molecule has 1 amide bonds. The summed E-state index contributed by atoms with van der Waals surface area (Å²) in [7, 11) is 3.04. The first-order chi connectivity index (χ1) is 9.56. The summed E-state index contributed by atoms with van der Waals surface area (Å²) < 4.78 is 5.07. The van der Waals surface area contributed by atoms with Crippen LogP contribution in [0.3, 0.4) is 0 Å². The van der Waals surface area contributed by atoms with Crippen LogP contribution in [0, 0.1) is 10.1 Å². The average molecular weight is 279 g/mol. The average Bonchev–Trinajstić information content (AvgIpc) is 2.98. The van der Waals surface area contributed by atoms with Crippen molar-refractivity contribution in [3.63, 3.8) is 0 Å². The number of nitro benzene ring substituents is 1. The van der Waals surface area contributed by atoms with Gasteiger partial charge in [-0.2, -0.15) is 0 Å². The van der Waals surface area contributed by atoms with E-state index in [1.807, 2.05) is 0 Å². The quantitative estimate of drug-likeness (QED) is 0.657. The minimum atomic E-state index is -0.549. The summed E-state index contributed by atoms with van der Waals surface area (Å²) in [6.45, 7) is 1.61. The SMILES string of the molecule is COc1c(C(=O)N(C)C2CCNC2)cccc1[N+](=O)[O-]. The number of nitrogens with one attached hydrogen (secondary N) is 1. The van der Waals surface area contributed by atoms with Crippen molar-refractivity contribution >= 4 is 11.6 Å². The minimum absolute atomic E-state index is 0.0142. The number of ether oxygens (including phenoxy) is 1. The Morgan fingerprint density at radius 2 is 2.30 bits per heavy atom. The zero-order chi connectivity index (χ0) is 14.7. The van der Waals surface area contributed by atoms with E-state index in [2.05, 4.69) is 5.32 Å². The Morgan fingerprint density at radius 1 is 1.55 bits per heavy atom. The number of carbonyl (C=O) groups excluding carboxylic acids is 1. The van der Waals surface area contributed by atoms with Gasteiger partial charge in [-0.15, -0.1) is 0 Å². The summed E-state index contributed by atoms with van der Waals surface area (Å²) in [5.74, 6) is -0.250. The van der Waals surface area contributed by atoms with E-state index < -0.39 is 4.92 Å². The fourth-order valence-electron chi connectivity index (χ4n) is 2.38. The summed E-state index contributed by atoms with van der Waals surface area (Å²) in [4.78, 5) is 24.5. The van der Waals surface area contributed by atoms with Crippen LogP contribution >= 0.6 is 0 Å². The molecule has 1 atom stereocenters. The van der Waals surface area contributed by atoms with Crippen molar-refractivity contribution in [2.24, 2.45) is 0 Å². The predicted molar refractivity (Wildman–Crippen MR) is 73.0 cm³/mol. The molecule has 7 nitrogen and oxygen atoms in total. The van der Waals surface area contributed by atoms with Gasteiger partial charge in [-0.05, 0) is 19.0 Å². The summed E-state index contributed by atoms with van der Waals surface area (Å²) in [6, 6.07) is 4.47. The third-order valence-electron chi connectivity index (χ3n) is 3.53. The van der Waals surface area contributed by atoms with E-state index in [0.29, 0.717) is 0 Å². The number of methoxy groups -OCH3 is 1. The van der Waals surface area contributed by atoms with E-state index in [-0.39, 0.29) is 28.9 Å². The van der Waals surface area contributed by atoms with Gasteiger partial charge in [0.2, 0.25) is 5.75 Å². The number of hydrogen-bond acceptors (Lipinski definition) is 5.